The molecular formula is C29H25F3N6O. The average molecular weight is 531 g/mol. The number of hydrogen-bond acceptors (Lipinski definition) is 7. The monoisotopic (exact) mass is 530 g/mol. The highest BCUT2D eigenvalue weighted by atomic mass is 19.4. The number of fused-ring (bicyclic) bond motifs is 2. The number of morpholine rings is 1. The molecule has 0 aliphatic carbocycles. The van der Waals surface area contributed by atoms with Crippen molar-refractivity contribution >= 4 is 55.9 Å². The van der Waals surface area contributed by atoms with Crippen LogP contribution in [0.5, 0.6) is 0 Å². The molecule has 2 aromatic heterocycles. The quantitative estimate of drug-likeness (QED) is 0.218. The van der Waals surface area contributed by atoms with Crippen molar-refractivity contribution < 1.29 is 17.9 Å². The van der Waals surface area contributed by atoms with Gasteiger partial charge in [0.1, 0.15) is 5.82 Å². The molecule has 3 aromatic carbocycles. The summed E-state index contributed by atoms with van der Waals surface area (Å²) >= 11 is 0. The molecule has 4 N–H and O–H groups in total. The maximum atomic E-state index is 13.6. The topological polar surface area (TPSA) is 88.3 Å². The summed E-state index contributed by atoms with van der Waals surface area (Å²) in [5, 5.41) is 9.17. The zero-order valence-electron chi connectivity index (χ0n) is 20.8. The number of nitrogens with one attached hydrogen (secondary N) is 2. The Labute approximate surface area is 222 Å². The Bertz CT molecular complexity index is 1670. The van der Waals surface area contributed by atoms with Gasteiger partial charge < -0.3 is 26.0 Å². The van der Waals surface area contributed by atoms with Gasteiger partial charge in [-0.3, -0.25) is 4.98 Å². The molecule has 6 rings (SSSR count). The molecule has 1 saturated heterocycles. The number of para-hydroxylation sites is 1. The molecule has 0 amide bonds. The molecule has 10 heteroatoms. The smallest absolute Gasteiger partial charge is 0.397 e. The summed E-state index contributed by atoms with van der Waals surface area (Å²) in [6.45, 7) is 2.19. The van der Waals surface area contributed by atoms with Crippen LogP contribution >= 0.6 is 0 Å². The lowest BCUT2D eigenvalue weighted by atomic mass is 10.1. The SMILES string of the molecule is Nc1cccc2c(Nc3cccc4c(Nc5cc(C(F)(F)F)ccc5N5CCOCC5)nccc34)ccnc12. The van der Waals surface area contributed by atoms with E-state index >= 15 is 0 Å². The number of aromatic nitrogens is 2. The highest BCUT2D eigenvalue weighted by Gasteiger charge is 2.32. The van der Waals surface area contributed by atoms with Gasteiger partial charge in [-0.15, -0.1) is 0 Å². The third kappa shape index (κ3) is 4.86. The van der Waals surface area contributed by atoms with Crippen molar-refractivity contribution in [2.45, 2.75) is 6.18 Å². The second kappa shape index (κ2) is 9.95. The normalized spacial score (nSPS) is 14.1. The fourth-order valence-corrected chi connectivity index (χ4v) is 4.89. The number of alkyl halides is 3. The van der Waals surface area contributed by atoms with Gasteiger partial charge in [0.15, 0.2) is 0 Å². The van der Waals surface area contributed by atoms with E-state index in [2.05, 4.69) is 20.6 Å². The number of pyridine rings is 2. The fourth-order valence-electron chi connectivity index (χ4n) is 4.89. The second-order valence-electron chi connectivity index (χ2n) is 9.24. The summed E-state index contributed by atoms with van der Waals surface area (Å²) in [5.74, 6) is 0.453. The Kier molecular flexibility index (Phi) is 6.32. The number of nitrogen functional groups attached to an aromatic ring is 1. The number of nitrogens with zero attached hydrogens (tertiary/aromatic N) is 3. The second-order valence-corrected chi connectivity index (χ2v) is 9.24. The van der Waals surface area contributed by atoms with Crippen LogP contribution in [0.4, 0.5) is 47.4 Å². The van der Waals surface area contributed by atoms with Crippen LogP contribution in [-0.4, -0.2) is 36.3 Å². The predicted molar refractivity (Wildman–Crippen MR) is 149 cm³/mol. The number of hydrogen-bond donors (Lipinski definition) is 3. The van der Waals surface area contributed by atoms with Gasteiger partial charge >= 0.3 is 6.18 Å². The van der Waals surface area contributed by atoms with E-state index in [9.17, 15) is 13.2 Å². The van der Waals surface area contributed by atoms with Gasteiger partial charge in [-0.25, -0.2) is 4.98 Å². The summed E-state index contributed by atoms with van der Waals surface area (Å²) in [6, 6.07) is 18.8. The summed E-state index contributed by atoms with van der Waals surface area (Å²) in [6.07, 6.45) is -1.14. The van der Waals surface area contributed by atoms with Crippen molar-refractivity contribution in [3.63, 3.8) is 0 Å². The highest BCUT2D eigenvalue weighted by Crippen LogP contribution is 2.39. The Morgan fingerprint density at radius 3 is 2.33 bits per heavy atom. The molecule has 0 atom stereocenters. The first kappa shape index (κ1) is 24.7. The molecule has 1 aliphatic heterocycles. The van der Waals surface area contributed by atoms with E-state index in [1.165, 1.54) is 6.07 Å². The number of halogens is 3. The summed E-state index contributed by atoms with van der Waals surface area (Å²) < 4.78 is 46.3. The molecule has 0 radical (unpaired) electrons. The van der Waals surface area contributed by atoms with Crippen LogP contribution in [0.15, 0.2) is 79.1 Å². The van der Waals surface area contributed by atoms with Gasteiger partial charge in [0, 0.05) is 53.0 Å². The molecule has 0 unspecified atom stereocenters. The van der Waals surface area contributed by atoms with Crippen molar-refractivity contribution in [2.24, 2.45) is 0 Å². The van der Waals surface area contributed by atoms with Crippen LogP contribution in [0.25, 0.3) is 21.7 Å². The van der Waals surface area contributed by atoms with Crippen molar-refractivity contribution in [3.8, 4) is 0 Å². The van der Waals surface area contributed by atoms with E-state index in [4.69, 9.17) is 10.5 Å². The summed E-state index contributed by atoms with van der Waals surface area (Å²) in [5.41, 5.74) is 9.32. The average Bonchev–Trinajstić information content (AvgIpc) is 2.94. The molecule has 39 heavy (non-hydrogen) atoms. The highest BCUT2D eigenvalue weighted by molar-refractivity contribution is 6.05. The molecule has 0 spiro atoms. The van der Waals surface area contributed by atoms with Crippen LogP contribution in [-0.2, 0) is 10.9 Å². The first-order chi connectivity index (χ1) is 18.9. The zero-order valence-corrected chi connectivity index (χ0v) is 20.8. The largest absolute Gasteiger partial charge is 0.416 e. The zero-order chi connectivity index (χ0) is 27.0. The molecule has 198 valence electrons. The fraction of sp³-hybridized carbons (Fsp3) is 0.172. The van der Waals surface area contributed by atoms with E-state index in [-0.39, 0.29) is 0 Å². The Balaban J connectivity index is 1.41. The van der Waals surface area contributed by atoms with Gasteiger partial charge in [-0.05, 0) is 42.5 Å². The van der Waals surface area contributed by atoms with E-state index in [1.54, 1.807) is 18.5 Å². The number of rotatable bonds is 5. The van der Waals surface area contributed by atoms with Gasteiger partial charge in [0.25, 0.3) is 0 Å². The Morgan fingerprint density at radius 1 is 0.769 bits per heavy atom. The van der Waals surface area contributed by atoms with Crippen LogP contribution in [0.2, 0.25) is 0 Å². The van der Waals surface area contributed by atoms with Gasteiger partial charge in [-0.2, -0.15) is 13.2 Å². The number of anilines is 6. The van der Waals surface area contributed by atoms with E-state index in [1.807, 2.05) is 47.4 Å². The van der Waals surface area contributed by atoms with Crippen molar-refractivity contribution in [1.29, 1.82) is 0 Å². The summed E-state index contributed by atoms with van der Waals surface area (Å²) in [7, 11) is 0. The minimum absolute atomic E-state index is 0.334. The van der Waals surface area contributed by atoms with Gasteiger partial charge in [-0.1, -0.05) is 24.3 Å². The number of ether oxygens (including phenoxy) is 1. The van der Waals surface area contributed by atoms with Gasteiger partial charge in [0.2, 0.25) is 0 Å². The lowest BCUT2D eigenvalue weighted by Crippen LogP contribution is -2.36. The van der Waals surface area contributed by atoms with Gasteiger partial charge in [0.05, 0.1) is 41.4 Å². The Morgan fingerprint density at radius 2 is 1.51 bits per heavy atom. The first-order valence-corrected chi connectivity index (χ1v) is 12.5. The molecule has 3 heterocycles. The molecule has 1 aliphatic rings. The maximum Gasteiger partial charge on any atom is 0.416 e. The molecule has 0 saturated carbocycles. The minimum atomic E-state index is -4.47. The van der Waals surface area contributed by atoms with Crippen molar-refractivity contribution in [3.05, 3.63) is 84.7 Å². The first-order valence-electron chi connectivity index (χ1n) is 12.5. The van der Waals surface area contributed by atoms with Crippen LogP contribution in [0, 0.1) is 0 Å². The molecule has 5 aromatic rings. The third-order valence-electron chi connectivity index (χ3n) is 6.81. The van der Waals surface area contributed by atoms with Crippen LogP contribution in [0.1, 0.15) is 5.56 Å². The van der Waals surface area contributed by atoms with E-state index in [0.717, 1.165) is 39.7 Å². The number of nitrogens with two attached hydrogens (primary N) is 1. The minimum Gasteiger partial charge on any atom is -0.397 e. The third-order valence-corrected chi connectivity index (χ3v) is 6.81. The summed E-state index contributed by atoms with van der Waals surface area (Å²) in [4.78, 5) is 10.9. The standard InChI is InChI=1S/C29H25F3N6O/c30-29(31,32)18-7-8-26(38-13-15-39-16-14-38)25(17-18)37-28-20-3-2-6-23(19(20)9-11-35-28)36-24-10-12-34-27-21(24)4-1-5-22(27)33/h1-12,17H,13-16,33H2,(H,34,36)(H,35,37). The van der Waals surface area contributed by atoms with Crippen LogP contribution in [0.3, 0.4) is 0 Å². The molecule has 1 fully saturated rings. The van der Waals surface area contributed by atoms with Crippen LogP contribution < -0.4 is 21.3 Å². The van der Waals surface area contributed by atoms with Crippen molar-refractivity contribution in [2.75, 3.05) is 47.6 Å². The predicted octanol–water partition coefficient (Wildman–Crippen LogP) is 6.71. The maximum absolute atomic E-state index is 13.6. The lowest BCUT2D eigenvalue weighted by Gasteiger charge is -2.31. The Hall–Kier alpha value is -4.57. The van der Waals surface area contributed by atoms with E-state index < -0.39 is 11.7 Å². The van der Waals surface area contributed by atoms with E-state index in [0.29, 0.717) is 54.7 Å². The molecular weight excluding hydrogens is 505 g/mol. The molecule has 0 bridgehead atoms. The molecule has 7 nitrogen and oxygen atoms in total. The van der Waals surface area contributed by atoms with Crippen molar-refractivity contribution in [1.82, 2.24) is 9.97 Å². The lowest BCUT2D eigenvalue weighted by molar-refractivity contribution is -0.137. The number of benzene rings is 3.